The van der Waals surface area contributed by atoms with Crippen LogP contribution < -0.4 is 5.32 Å². The van der Waals surface area contributed by atoms with Crippen molar-refractivity contribution in [1.29, 1.82) is 0 Å². The quantitative estimate of drug-likeness (QED) is 0.473. The number of benzene rings is 1. The molecule has 1 N–H and O–H groups in total. The Morgan fingerprint density at radius 1 is 0.963 bits per heavy atom. The average Bonchev–Trinajstić information content (AvgIpc) is 2.60. The summed E-state index contributed by atoms with van der Waals surface area (Å²) in [5.74, 6) is 1.95. The monoisotopic (exact) mass is 365 g/mol. The van der Waals surface area contributed by atoms with E-state index in [4.69, 9.17) is 4.99 Å². The third-order valence-corrected chi connectivity index (χ3v) is 4.69. The summed E-state index contributed by atoms with van der Waals surface area (Å²) in [5.41, 5.74) is 4.96. The lowest BCUT2D eigenvalue weighted by molar-refractivity contribution is 0.585. The number of hydrogen-bond donors (Lipinski definition) is 1. The molecule has 27 heavy (non-hydrogen) atoms. The number of rotatable bonds is 6. The molecule has 3 heteroatoms. The van der Waals surface area contributed by atoms with Crippen LogP contribution in [-0.4, -0.2) is 17.4 Å². The molecule has 0 bridgehead atoms. The lowest BCUT2D eigenvalue weighted by atomic mass is 9.90. The highest BCUT2D eigenvalue weighted by molar-refractivity contribution is 6.00. The number of hydrogen-bond acceptors (Lipinski definition) is 2. The Morgan fingerprint density at radius 2 is 1.59 bits per heavy atom. The van der Waals surface area contributed by atoms with Gasteiger partial charge in [0.05, 0.1) is 0 Å². The van der Waals surface area contributed by atoms with Crippen LogP contribution in [0.4, 0.5) is 5.69 Å². The van der Waals surface area contributed by atoms with Gasteiger partial charge in [0.2, 0.25) is 0 Å². The molecule has 0 spiro atoms. The zero-order valence-electron chi connectivity index (χ0n) is 18.0. The fourth-order valence-corrected chi connectivity index (χ4v) is 3.11. The molecule has 0 saturated heterocycles. The number of aromatic nitrogens is 1. The van der Waals surface area contributed by atoms with Crippen molar-refractivity contribution in [2.24, 2.45) is 10.4 Å². The highest BCUT2D eigenvalue weighted by Gasteiger charge is 2.22. The molecular weight excluding hydrogens is 330 g/mol. The van der Waals surface area contributed by atoms with Gasteiger partial charge in [0.1, 0.15) is 5.84 Å². The van der Waals surface area contributed by atoms with Crippen LogP contribution in [0.15, 0.2) is 47.6 Å². The van der Waals surface area contributed by atoms with Crippen LogP contribution in [0.25, 0.3) is 0 Å². The standard InChI is InChI=1S/C24H35N3/c1-17(2)20-12-10-13-21(18(3)4)22(20)27-23(24(5,6)7)26-16-14-19-11-8-9-15-25-19/h8-13,15,17-18H,14,16H2,1-7H3,(H,26,27). The molecule has 2 rings (SSSR count). The number of pyridine rings is 1. The maximum Gasteiger partial charge on any atom is 0.106 e. The van der Waals surface area contributed by atoms with Gasteiger partial charge in [0.15, 0.2) is 0 Å². The molecule has 1 aromatic carbocycles. The first-order valence-corrected chi connectivity index (χ1v) is 10.0. The van der Waals surface area contributed by atoms with Crippen molar-refractivity contribution in [3.8, 4) is 0 Å². The first kappa shape index (κ1) is 21.1. The molecule has 3 nitrogen and oxygen atoms in total. The van der Waals surface area contributed by atoms with Gasteiger partial charge in [-0.1, -0.05) is 72.7 Å². The smallest absolute Gasteiger partial charge is 0.106 e. The van der Waals surface area contributed by atoms with E-state index < -0.39 is 0 Å². The summed E-state index contributed by atoms with van der Waals surface area (Å²) in [6, 6.07) is 12.7. The number of para-hydroxylation sites is 1. The van der Waals surface area contributed by atoms with Gasteiger partial charge in [-0.25, -0.2) is 0 Å². The van der Waals surface area contributed by atoms with E-state index in [0.29, 0.717) is 11.8 Å². The summed E-state index contributed by atoms with van der Waals surface area (Å²) < 4.78 is 0. The van der Waals surface area contributed by atoms with E-state index in [1.54, 1.807) is 0 Å². The second kappa shape index (κ2) is 9.16. The van der Waals surface area contributed by atoms with Gasteiger partial charge in [-0.2, -0.15) is 0 Å². The summed E-state index contributed by atoms with van der Waals surface area (Å²) in [6.45, 7) is 16.4. The van der Waals surface area contributed by atoms with Gasteiger partial charge >= 0.3 is 0 Å². The maximum atomic E-state index is 4.95. The maximum absolute atomic E-state index is 4.95. The zero-order chi connectivity index (χ0) is 20.0. The molecule has 0 aliphatic carbocycles. The van der Waals surface area contributed by atoms with E-state index >= 15 is 0 Å². The largest absolute Gasteiger partial charge is 0.343 e. The molecule has 0 saturated carbocycles. The third kappa shape index (κ3) is 5.92. The van der Waals surface area contributed by atoms with Gasteiger partial charge in [-0.05, 0) is 35.1 Å². The highest BCUT2D eigenvalue weighted by atomic mass is 15.0. The Morgan fingerprint density at radius 3 is 2.07 bits per heavy atom. The van der Waals surface area contributed by atoms with Crippen LogP contribution in [0.3, 0.4) is 0 Å². The van der Waals surface area contributed by atoms with Crippen LogP contribution in [0.5, 0.6) is 0 Å². The van der Waals surface area contributed by atoms with E-state index in [2.05, 4.69) is 83.0 Å². The average molecular weight is 366 g/mol. The van der Waals surface area contributed by atoms with Crippen LogP contribution in [0.1, 0.15) is 77.1 Å². The third-order valence-electron chi connectivity index (χ3n) is 4.69. The van der Waals surface area contributed by atoms with E-state index in [1.165, 1.54) is 16.8 Å². The molecule has 1 aromatic heterocycles. The van der Waals surface area contributed by atoms with Gasteiger partial charge in [-0.3, -0.25) is 9.98 Å². The second-order valence-electron chi connectivity index (χ2n) is 8.80. The normalized spacial score (nSPS) is 12.7. The summed E-state index contributed by atoms with van der Waals surface area (Å²) in [7, 11) is 0. The Kier molecular flexibility index (Phi) is 7.18. The van der Waals surface area contributed by atoms with E-state index in [-0.39, 0.29) is 5.41 Å². The molecule has 0 atom stereocenters. The van der Waals surface area contributed by atoms with Crippen LogP contribution in [0, 0.1) is 5.41 Å². The predicted octanol–water partition coefficient (Wildman–Crippen LogP) is 6.43. The Labute approximate surface area is 165 Å². The van der Waals surface area contributed by atoms with Crippen molar-refractivity contribution in [2.45, 2.75) is 66.7 Å². The van der Waals surface area contributed by atoms with Crippen molar-refractivity contribution in [3.05, 3.63) is 59.4 Å². The van der Waals surface area contributed by atoms with Crippen molar-refractivity contribution in [2.75, 3.05) is 11.9 Å². The number of nitrogens with zero attached hydrogens (tertiary/aromatic N) is 2. The topological polar surface area (TPSA) is 37.3 Å². The molecule has 0 radical (unpaired) electrons. The van der Waals surface area contributed by atoms with Crippen LogP contribution in [0.2, 0.25) is 0 Å². The Balaban J connectivity index is 2.32. The molecule has 0 aliphatic rings. The van der Waals surface area contributed by atoms with Gasteiger partial charge in [0, 0.05) is 36.0 Å². The van der Waals surface area contributed by atoms with E-state index in [0.717, 1.165) is 24.5 Å². The SMILES string of the molecule is CC(C)c1cccc(C(C)C)c1NC(=NCCc1ccccn1)C(C)(C)C. The van der Waals surface area contributed by atoms with E-state index in [9.17, 15) is 0 Å². The zero-order valence-corrected chi connectivity index (χ0v) is 18.0. The highest BCUT2D eigenvalue weighted by Crippen LogP contribution is 2.33. The molecule has 0 aliphatic heterocycles. The molecule has 2 aromatic rings. The summed E-state index contributed by atoms with van der Waals surface area (Å²) in [4.78, 5) is 9.36. The number of amidine groups is 1. The second-order valence-corrected chi connectivity index (χ2v) is 8.80. The molecule has 0 fully saturated rings. The van der Waals surface area contributed by atoms with Crippen molar-refractivity contribution in [1.82, 2.24) is 4.98 Å². The van der Waals surface area contributed by atoms with Crippen LogP contribution >= 0.6 is 0 Å². The molecule has 1 heterocycles. The van der Waals surface area contributed by atoms with Gasteiger partial charge in [0.25, 0.3) is 0 Å². The summed E-state index contributed by atoms with van der Waals surface area (Å²) >= 11 is 0. The summed E-state index contributed by atoms with van der Waals surface area (Å²) in [5, 5.41) is 3.73. The predicted molar refractivity (Wildman–Crippen MR) is 118 cm³/mol. The van der Waals surface area contributed by atoms with Crippen molar-refractivity contribution < 1.29 is 0 Å². The molecular formula is C24H35N3. The fraction of sp³-hybridized carbons (Fsp3) is 0.500. The minimum Gasteiger partial charge on any atom is -0.343 e. The molecule has 0 amide bonds. The Hall–Kier alpha value is -2.16. The lowest BCUT2D eigenvalue weighted by Gasteiger charge is -2.27. The van der Waals surface area contributed by atoms with Crippen molar-refractivity contribution >= 4 is 11.5 Å². The number of aliphatic imine (C=N–C) groups is 1. The molecule has 0 unspecified atom stereocenters. The first-order chi connectivity index (χ1) is 12.7. The van der Waals surface area contributed by atoms with Crippen LogP contribution in [-0.2, 0) is 6.42 Å². The lowest BCUT2D eigenvalue weighted by Crippen LogP contribution is -2.30. The minimum atomic E-state index is -0.0531. The van der Waals surface area contributed by atoms with Crippen molar-refractivity contribution in [3.63, 3.8) is 0 Å². The summed E-state index contributed by atoms with van der Waals surface area (Å²) in [6.07, 6.45) is 2.70. The Bertz CT molecular complexity index is 727. The van der Waals surface area contributed by atoms with E-state index in [1.807, 2.05) is 18.3 Å². The number of nitrogens with one attached hydrogen (secondary N) is 1. The first-order valence-electron chi connectivity index (χ1n) is 10.0. The molecule has 146 valence electrons. The van der Waals surface area contributed by atoms with Gasteiger partial charge in [-0.15, -0.1) is 0 Å². The fourth-order valence-electron chi connectivity index (χ4n) is 3.11. The number of anilines is 1. The van der Waals surface area contributed by atoms with Gasteiger partial charge < -0.3 is 5.32 Å². The minimum absolute atomic E-state index is 0.0531.